The molecule has 132 valence electrons. The normalized spacial score (nSPS) is 12.1. The monoisotopic (exact) mass is 414 g/mol. The van der Waals surface area contributed by atoms with Gasteiger partial charge in [0.1, 0.15) is 0 Å². The van der Waals surface area contributed by atoms with Crippen molar-refractivity contribution in [1.29, 1.82) is 0 Å². The van der Waals surface area contributed by atoms with Gasteiger partial charge in [0.15, 0.2) is 0 Å². The summed E-state index contributed by atoms with van der Waals surface area (Å²) in [5.74, 6) is 0. The molecule has 0 aliphatic heterocycles. The molecule has 0 spiro atoms. The van der Waals surface area contributed by atoms with Crippen molar-refractivity contribution in [2.24, 2.45) is 0 Å². The van der Waals surface area contributed by atoms with E-state index in [2.05, 4.69) is 118 Å². The van der Waals surface area contributed by atoms with Crippen molar-refractivity contribution in [3.63, 3.8) is 0 Å². The molecule has 3 heteroatoms. The largest absolute Gasteiger partial charge is 0.361 e. The number of H-pyrrole nitrogens is 2. The van der Waals surface area contributed by atoms with Gasteiger partial charge >= 0.3 is 0 Å². The first-order chi connectivity index (χ1) is 13.2. The summed E-state index contributed by atoms with van der Waals surface area (Å²) in [7, 11) is 0. The van der Waals surface area contributed by atoms with Gasteiger partial charge in [0, 0.05) is 44.1 Å². The lowest BCUT2D eigenvalue weighted by molar-refractivity contribution is 0.705. The van der Waals surface area contributed by atoms with E-state index in [1.807, 2.05) is 0 Å². The second-order valence-electron chi connectivity index (χ2n) is 7.13. The Labute approximate surface area is 166 Å². The maximum absolute atomic E-state index is 3.67. The van der Waals surface area contributed by atoms with E-state index in [0.29, 0.717) is 0 Å². The standard InChI is InChI=1S/C24H19BrN2/c1-24(16-7-6-8-17(25)13-16,20-14-26-22-11-4-2-9-18(20)22)21-15-27-23-12-5-3-10-19(21)23/h2-15,26-27H,1H3. The molecule has 0 radical (unpaired) electrons. The van der Waals surface area contributed by atoms with Gasteiger partial charge in [-0.2, -0.15) is 0 Å². The Kier molecular flexibility index (Phi) is 3.73. The summed E-state index contributed by atoms with van der Waals surface area (Å²) in [6, 6.07) is 25.7. The lowest BCUT2D eigenvalue weighted by Crippen LogP contribution is -2.24. The number of aromatic nitrogens is 2. The van der Waals surface area contributed by atoms with E-state index in [4.69, 9.17) is 0 Å². The molecule has 0 saturated heterocycles. The zero-order chi connectivity index (χ0) is 18.4. The molecule has 0 aliphatic rings. The Morgan fingerprint density at radius 2 is 1.26 bits per heavy atom. The molecule has 2 N–H and O–H groups in total. The average molecular weight is 415 g/mol. The van der Waals surface area contributed by atoms with Gasteiger partial charge in [0.05, 0.1) is 0 Å². The van der Waals surface area contributed by atoms with E-state index in [0.717, 1.165) is 15.5 Å². The van der Waals surface area contributed by atoms with Crippen LogP contribution in [0.25, 0.3) is 21.8 Å². The van der Waals surface area contributed by atoms with E-state index >= 15 is 0 Å². The summed E-state index contributed by atoms with van der Waals surface area (Å²) in [5, 5.41) is 2.51. The Balaban J connectivity index is 1.88. The third-order valence-electron chi connectivity index (χ3n) is 5.66. The first-order valence-electron chi connectivity index (χ1n) is 9.07. The molecule has 0 unspecified atom stereocenters. The topological polar surface area (TPSA) is 31.6 Å². The van der Waals surface area contributed by atoms with Crippen molar-refractivity contribution in [2.45, 2.75) is 12.3 Å². The lowest BCUT2D eigenvalue weighted by Gasteiger charge is -2.31. The molecule has 2 nitrogen and oxygen atoms in total. The molecule has 3 aromatic carbocycles. The van der Waals surface area contributed by atoms with Gasteiger partial charge in [-0.05, 0) is 47.9 Å². The van der Waals surface area contributed by atoms with Gasteiger partial charge in [-0.15, -0.1) is 0 Å². The van der Waals surface area contributed by atoms with Crippen LogP contribution in [0.5, 0.6) is 0 Å². The second-order valence-corrected chi connectivity index (χ2v) is 8.05. The van der Waals surface area contributed by atoms with Gasteiger partial charge in [0.25, 0.3) is 0 Å². The first kappa shape index (κ1) is 16.4. The summed E-state index contributed by atoms with van der Waals surface area (Å²) in [5.41, 5.74) is 5.83. The molecule has 0 fully saturated rings. The number of rotatable bonds is 3. The van der Waals surface area contributed by atoms with Crippen LogP contribution in [-0.2, 0) is 5.41 Å². The predicted octanol–water partition coefficient (Wildman–Crippen LogP) is 6.77. The van der Waals surface area contributed by atoms with Crippen LogP contribution in [0.15, 0.2) is 89.7 Å². The Morgan fingerprint density at radius 3 is 1.81 bits per heavy atom. The highest BCUT2D eigenvalue weighted by molar-refractivity contribution is 9.10. The molecule has 0 atom stereocenters. The predicted molar refractivity (Wildman–Crippen MR) is 116 cm³/mol. The number of fused-ring (bicyclic) bond motifs is 2. The Morgan fingerprint density at radius 1 is 0.704 bits per heavy atom. The van der Waals surface area contributed by atoms with Crippen LogP contribution in [-0.4, -0.2) is 9.97 Å². The first-order valence-corrected chi connectivity index (χ1v) is 9.86. The Hall–Kier alpha value is -2.78. The third kappa shape index (κ3) is 2.46. The number of hydrogen-bond acceptors (Lipinski definition) is 0. The summed E-state index contributed by atoms with van der Waals surface area (Å²) < 4.78 is 1.09. The van der Waals surface area contributed by atoms with Crippen LogP contribution in [0, 0.1) is 0 Å². The van der Waals surface area contributed by atoms with Crippen molar-refractivity contribution in [1.82, 2.24) is 9.97 Å². The number of aromatic amines is 2. The minimum absolute atomic E-state index is 0.303. The molecule has 5 aromatic rings. The maximum Gasteiger partial charge on any atom is 0.0465 e. The average Bonchev–Trinajstić information content (AvgIpc) is 3.32. The highest BCUT2D eigenvalue weighted by Gasteiger charge is 2.35. The number of benzene rings is 3. The summed E-state index contributed by atoms with van der Waals surface area (Å²) in [6.07, 6.45) is 4.32. The van der Waals surface area contributed by atoms with Crippen molar-refractivity contribution in [3.8, 4) is 0 Å². The molecule has 27 heavy (non-hydrogen) atoms. The summed E-state index contributed by atoms with van der Waals surface area (Å²) in [4.78, 5) is 6.93. The van der Waals surface area contributed by atoms with Gasteiger partial charge in [0.2, 0.25) is 0 Å². The maximum atomic E-state index is 3.67. The van der Waals surface area contributed by atoms with Gasteiger partial charge in [-0.1, -0.05) is 64.5 Å². The molecule has 0 amide bonds. The zero-order valence-electron chi connectivity index (χ0n) is 15.0. The van der Waals surface area contributed by atoms with E-state index in [9.17, 15) is 0 Å². The fourth-order valence-electron chi connectivity index (χ4n) is 4.23. The molecular weight excluding hydrogens is 396 g/mol. The van der Waals surface area contributed by atoms with E-state index in [1.54, 1.807) is 0 Å². The number of para-hydroxylation sites is 2. The summed E-state index contributed by atoms with van der Waals surface area (Å²) in [6.45, 7) is 2.32. The van der Waals surface area contributed by atoms with Crippen LogP contribution in [0.1, 0.15) is 23.6 Å². The molecule has 0 bridgehead atoms. The van der Waals surface area contributed by atoms with E-state index in [-0.39, 0.29) is 5.41 Å². The lowest BCUT2D eigenvalue weighted by atomic mass is 9.71. The van der Waals surface area contributed by atoms with Crippen LogP contribution in [0.2, 0.25) is 0 Å². The van der Waals surface area contributed by atoms with Crippen LogP contribution in [0.3, 0.4) is 0 Å². The van der Waals surface area contributed by atoms with E-state index < -0.39 is 0 Å². The zero-order valence-corrected chi connectivity index (χ0v) is 16.5. The number of halogens is 1. The molecule has 2 heterocycles. The third-order valence-corrected chi connectivity index (χ3v) is 6.15. The quantitative estimate of drug-likeness (QED) is 0.326. The van der Waals surface area contributed by atoms with Crippen LogP contribution >= 0.6 is 15.9 Å². The second kappa shape index (κ2) is 6.14. The SMILES string of the molecule is CC(c1cccc(Br)c1)(c1c[nH]c2ccccc12)c1c[nH]c2ccccc12. The highest BCUT2D eigenvalue weighted by atomic mass is 79.9. The van der Waals surface area contributed by atoms with Crippen molar-refractivity contribution >= 4 is 37.7 Å². The highest BCUT2D eigenvalue weighted by Crippen LogP contribution is 2.45. The van der Waals surface area contributed by atoms with Gasteiger partial charge < -0.3 is 9.97 Å². The number of hydrogen-bond donors (Lipinski definition) is 2. The minimum Gasteiger partial charge on any atom is -0.361 e. The van der Waals surface area contributed by atoms with E-state index in [1.165, 1.54) is 27.5 Å². The molecule has 0 aliphatic carbocycles. The van der Waals surface area contributed by atoms with Crippen LogP contribution < -0.4 is 0 Å². The van der Waals surface area contributed by atoms with Crippen molar-refractivity contribution in [3.05, 3.63) is 106 Å². The molecular formula is C24H19BrN2. The van der Waals surface area contributed by atoms with Crippen LogP contribution in [0.4, 0.5) is 0 Å². The molecule has 5 rings (SSSR count). The fourth-order valence-corrected chi connectivity index (χ4v) is 4.63. The smallest absolute Gasteiger partial charge is 0.0465 e. The minimum atomic E-state index is -0.303. The fraction of sp³-hybridized carbons (Fsp3) is 0.0833. The molecule has 2 aromatic heterocycles. The van der Waals surface area contributed by atoms with Crippen molar-refractivity contribution in [2.75, 3.05) is 0 Å². The summed E-state index contributed by atoms with van der Waals surface area (Å²) >= 11 is 3.67. The van der Waals surface area contributed by atoms with Crippen molar-refractivity contribution < 1.29 is 0 Å². The molecule has 0 saturated carbocycles. The van der Waals surface area contributed by atoms with Gasteiger partial charge in [-0.25, -0.2) is 0 Å². The van der Waals surface area contributed by atoms with Gasteiger partial charge in [-0.3, -0.25) is 0 Å². The Bertz CT molecular complexity index is 1190. The number of nitrogens with one attached hydrogen (secondary N) is 2.